The molecule has 0 radical (unpaired) electrons. The summed E-state index contributed by atoms with van der Waals surface area (Å²) in [6.07, 6.45) is 3.94. The van der Waals surface area contributed by atoms with E-state index < -0.39 is 0 Å². The fraction of sp³-hybridized carbons (Fsp3) is 0.625. The molecule has 1 unspecified atom stereocenters. The molecule has 0 saturated carbocycles. The van der Waals surface area contributed by atoms with Gasteiger partial charge in [-0.1, -0.05) is 18.2 Å². The Labute approximate surface area is 116 Å². The number of rotatable bonds is 3. The summed E-state index contributed by atoms with van der Waals surface area (Å²) in [6, 6.07) is 12.3. The fourth-order valence-electron chi connectivity index (χ4n) is 3.48. The van der Waals surface area contributed by atoms with Crippen LogP contribution in [0.4, 0.5) is 5.69 Å². The molecule has 3 nitrogen and oxygen atoms in total. The first-order valence-electron chi connectivity index (χ1n) is 7.58. The molecule has 0 bridgehead atoms. The second-order valence-electron chi connectivity index (χ2n) is 5.82. The molecule has 2 saturated heterocycles. The highest BCUT2D eigenvalue weighted by atomic mass is 15.2. The molecule has 0 aliphatic carbocycles. The Hall–Kier alpha value is -1.06. The Kier molecular flexibility index (Phi) is 4.04. The van der Waals surface area contributed by atoms with Gasteiger partial charge in [0, 0.05) is 44.0 Å². The molecular weight excluding hydrogens is 234 g/mol. The summed E-state index contributed by atoms with van der Waals surface area (Å²) < 4.78 is 0. The molecular formula is C16H25N3. The molecule has 3 rings (SSSR count). The van der Waals surface area contributed by atoms with E-state index in [4.69, 9.17) is 0 Å². The van der Waals surface area contributed by atoms with Gasteiger partial charge in [-0.05, 0) is 38.4 Å². The van der Waals surface area contributed by atoms with Crippen LogP contribution >= 0.6 is 0 Å². The highest BCUT2D eigenvalue weighted by Gasteiger charge is 2.29. The van der Waals surface area contributed by atoms with E-state index in [-0.39, 0.29) is 0 Å². The SMILES string of the molecule is CNC1CCN(C2CCN(c3ccccc3)CC2)C1. The number of nitrogens with zero attached hydrogens (tertiary/aromatic N) is 2. The van der Waals surface area contributed by atoms with Crippen molar-refractivity contribution in [2.24, 2.45) is 0 Å². The number of nitrogens with one attached hydrogen (secondary N) is 1. The van der Waals surface area contributed by atoms with Gasteiger partial charge in [-0.3, -0.25) is 4.90 Å². The van der Waals surface area contributed by atoms with Gasteiger partial charge < -0.3 is 10.2 Å². The summed E-state index contributed by atoms with van der Waals surface area (Å²) in [7, 11) is 2.09. The molecule has 2 aliphatic rings. The van der Waals surface area contributed by atoms with Crippen LogP contribution in [0.2, 0.25) is 0 Å². The van der Waals surface area contributed by atoms with E-state index in [1.165, 1.54) is 51.1 Å². The van der Waals surface area contributed by atoms with Gasteiger partial charge in [-0.15, -0.1) is 0 Å². The molecule has 3 heteroatoms. The van der Waals surface area contributed by atoms with E-state index in [1.807, 2.05) is 0 Å². The Morgan fingerprint density at radius 3 is 2.37 bits per heavy atom. The lowest BCUT2D eigenvalue weighted by molar-refractivity contribution is 0.204. The van der Waals surface area contributed by atoms with Crippen molar-refractivity contribution in [2.75, 3.05) is 38.1 Å². The van der Waals surface area contributed by atoms with Gasteiger partial charge in [-0.25, -0.2) is 0 Å². The zero-order valence-corrected chi connectivity index (χ0v) is 11.9. The summed E-state index contributed by atoms with van der Waals surface area (Å²) in [5, 5.41) is 3.42. The second-order valence-corrected chi connectivity index (χ2v) is 5.82. The number of hydrogen-bond acceptors (Lipinski definition) is 3. The van der Waals surface area contributed by atoms with Crippen LogP contribution in [0.3, 0.4) is 0 Å². The largest absolute Gasteiger partial charge is 0.371 e. The van der Waals surface area contributed by atoms with Crippen LogP contribution in [-0.2, 0) is 0 Å². The van der Waals surface area contributed by atoms with Crippen molar-refractivity contribution in [1.82, 2.24) is 10.2 Å². The number of likely N-dealkylation sites (N-methyl/N-ethyl adjacent to an activating group) is 1. The van der Waals surface area contributed by atoms with E-state index in [0.29, 0.717) is 6.04 Å². The van der Waals surface area contributed by atoms with E-state index in [2.05, 4.69) is 52.5 Å². The molecule has 1 aromatic carbocycles. The van der Waals surface area contributed by atoms with E-state index in [1.54, 1.807) is 0 Å². The first-order valence-corrected chi connectivity index (χ1v) is 7.58. The molecule has 2 heterocycles. The van der Waals surface area contributed by atoms with Crippen LogP contribution in [-0.4, -0.2) is 50.2 Å². The van der Waals surface area contributed by atoms with Gasteiger partial charge in [0.15, 0.2) is 0 Å². The lowest BCUT2D eigenvalue weighted by Gasteiger charge is -2.38. The van der Waals surface area contributed by atoms with Crippen molar-refractivity contribution in [1.29, 1.82) is 0 Å². The third-order valence-electron chi connectivity index (χ3n) is 4.73. The number of likely N-dealkylation sites (tertiary alicyclic amines) is 1. The quantitative estimate of drug-likeness (QED) is 0.895. The summed E-state index contributed by atoms with van der Waals surface area (Å²) in [6.45, 7) is 4.93. The van der Waals surface area contributed by atoms with Gasteiger partial charge in [0.05, 0.1) is 0 Å². The standard InChI is InChI=1S/C16H25N3/c1-17-14-7-10-19(13-14)16-8-11-18(12-9-16)15-5-3-2-4-6-15/h2-6,14,16-17H,7-13H2,1H3. The van der Waals surface area contributed by atoms with Crippen molar-refractivity contribution in [3.05, 3.63) is 30.3 Å². The average Bonchev–Trinajstić information content (AvgIpc) is 2.97. The molecule has 19 heavy (non-hydrogen) atoms. The number of para-hydroxylation sites is 1. The summed E-state index contributed by atoms with van der Waals surface area (Å²) in [5.74, 6) is 0. The van der Waals surface area contributed by atoms with Gasteiger partial charge in [0.25, 0.3) is 0 Å². The molecule has 104 valence electrons. The topological polar surface area (TPSA) is 18.5 Å². The summed E-state index contributed by atoms with van der Waals surface area (Å²) in [4.78, 5) is 5.23. The molecule has 0 spiro atoms. The van der Waals surface area contributed by atoms with Gasteiger partial charge >= 0.3 is 0 Å². The van der Waals surface area contributed by atoms with Gasteiger partial charge in [-0.2, -0.15) is 0 Å². The minimum absolute atomic E-state index is 0.715. The average molecular weight is 259 g/mol. The number of anilines is 1. The van der Waals surface area contributed by atoms with Crippen molar-refractivity contribution in [3.8, 4) is 0 Å². The predicted molar refractivity (Wildman–Crippen MR) is 80.7 cm³/mol. The zero-order chi connectivity index (χ0) is 13.1. The third kappa shape index (κ3) is 2.93. The maximum atomic E-state index is 3.42. The Balaban J connectivity index is 1.53. The summed E-state index contributed by atoms with van der Waals surface area (Å²) >= 11 is 0. The predicted octanol–water partition coefficient (Wildman–Crippen LogP) is 1.95. The van der Waals surface area contributed by atoms with Crippen molar-refractivity contribution in [3.63, 3.8) is 0 Å². The molecule has 0 aromatic heterocycles. The van der Waals surface area contributed by atoms with E-state index >= 15 is 0 Å². The highest BCUT2D eigenvalue weighted by Crippen LogP contribution is 2.24. The Morgan fingerprint density at radius 2 is 1.74 bits per heavy atom. The highest BCUT2D eigenvalue weighted by molar-refractivity contribution is 5.46. The Bertz CT molecular complexity index is 384. The number of piperidine rings is 1. The normalized spacial score (nSPS) is 25.9. The van der Waals surface area contributed by atoms with Crippen molar-refractivity contribution >= 4 is 5.69 Å². The minimum atomic E-state index is 0.715. The van der Waals surface area contributed by atoms with E-state index in [0.717, 1.165) is 6.04 Å². The van der Waals surface area contributed by atoms with Crippen LogP contribution in [0, 0.1) is 0 Å². The van der Waals surface area contributed by atoms with Gasteiger partial charge in [0.1, 0.15) is 0 Å². The molecule has 2 aliphatic heterocycles. The Morgan fingerprint density at radius 1 is 1.00 bits per heavy atom. The molecule has 1 atom stereocenters. The van der Waals surface area contributed by atoms with Crippen LogP contribution in [0.15, 0.2) is 30.3 Å². The van der Waals surface area contributed by atoms with Crippen molar-refractivity contribution < 1.29 is 0 Å². The second kappa shape index (κ2) is 5.93. The zero-order valence-electron chi connectivity index (χ0n) is 11.9. The van der Waals surface area contributed by atoms with Crippen molar-refractivity contribution in [2.45, 2.75) is 31.3 Å². The van der Waals surface area contributed by atoms with Gasteiger partial charge in [0.2, 0.25) is 0 Å². The van der Waals surface area contributed by atoms with Crippen LogP contribution in [0.25, 0.3) is 0 Å². The lowest BCUT2D eigenvalue weighted by atomic mass is 10.0. The molecule has 1 N–H and O–H groups in total. The molecule has 1 aromatic rings. The monoisotopic (exact) mass is 259 g/mol. The first-order chi connectivity index (χ1) is 9.36. The lowest BCUT2D eigenvalue weighted by Crippen LogP contribution is -2.45. The number of benzene rings is 1. The molecule has 2 fully saturated rings. The van der Waals surface area contributed by atoms with Crippen LogP contribution in [0.5, 0.6) is 0 Å². The first kappa shape index (κ1) is 12.9. The smallest absolute Gasteiger partial charge is 0.0366 e. The molecule has 0 amide bonds. The van der Waals surface area contributed by atoms with E-state index in [9.17, 15) is 0 Å². The van der Waals surface area contributed by atoms with Crippen LogP contribution in [0.1, 0.15) is 19.3 Å². The maximum Gasteiger partial charge on any atom is 0.0366 e. The number of hydrogen-bond donors (Lipinski definition) is 1. The maximum absolute atomic E-state index is 3.42. The van der Waals surface area contributed by atoms with Crippen LogP contribution < -0.4 is 10.2 Å². The summed E-state index contributed by atoms with van der Waals surface area (Å²) in [5.41, 5.74) is 1.38. The third-order valence-corrected chi connectivity index (χ3v) is 4.73. The fourth-order valence-corrected chi connectivity index (χ4v) is 3.48. The minimum Gasteiger partial charge on any atom is -0.371 e.